The van der Waals surface area contributed by atoms with E-state index >= 15 is 0 Å². The molecular weight excluding hydrogens is 671 g/mol. The monoisotopic (exact) mass is 703 g/mol. The van der Waals surface area contributed by atoms with Gasteiger partial charge in [-0.2, -0.15) is 0 Å². The van der Waals surface area contributed by atoms with Gasteiger partial charge in [-0.15, -0.1) is 0 Å². The largest absolute Gasteiger partial charge is 0.454 e. The quantitative estimate of drug-likeness (QED) is 0.173. The highest BCUT2D eigenvalue weighted by Crippen LogP contribution is 2.43. The number of aromatic nitrogens is 2. The van der Waals surface area contributed by atoms with Crippen molar-refractivity contribution >= 4 is 71.7 Å². The van der Waals surface area contributed by atoms with Gasteiger partial charge >= 0.3 is 0 Å². The molecule has 0 amide bonds. The van der Waals surface area contributed by atoms with Crippen LogP contribution in [0, 0.1) is 0 Å². The molecule has 0 N–H and O–H groups in total. The van der Waals surface area contributed by atoms with Gasteiger partial charge in [-0.25, -0.2) is 0 Å². The van der Waals surface area contributed by atoms with Crippen LogP contribution < -0.4 is 4.90 Å². The molecule has 0 aliphatic rings. The molecule has 0 unspecified atom stereocenters. The van der Waals surface area contributed by atoms with E-state index in [-0.39, 0.29) is 0 Å². The molecule has 11 aromatic rings. The summed E-state index contributed by atoms with van der Waals surface area (Å²) in [6, 6.07) is 69.3. The van der Waals surface area contributed by atoms with Crippen molar-refractivity contribution in [2.24, 2.45) is 0 Å². The third-order valence-corrected chi connectivity index (χ3v) is 10.8. The van der Waals surface area contributed by atoms with Crippen LogP contribution >= 0.6 is 0 Å². The number of hydrogen-bond donors (Lipinski definition) is 0. The van der Waals surface area contributed by atoms with E-state index in [4.69, 9.17) is 4.42 Å². The van der Waals surface area contributed by atoms with Gasteiger partial charge in [0.1, 0.15) is 11.1 Å². The fourth-order valence-electron chi connectivity index (χ4n) is 8.34. The molecule has 55 heavy (non-hydrogen) atoms. The molecule has 0 atom stereocenters. The van der Waals surface area contributed by atoms with Gasteiger partial charge in [0, 0.05) is 45.0 Å². The van der Waals surface area contributed by atoms with Crippen LogP contribution in [-0.4, -0.2) is 9.55 Å². The molecule has 0 fully saturated rings. The molecule has 8 aromatic carbocycles. The molecule has 258 valence electrons. The maximum absolute atomic E-state index is 6.17. The van der Waals surface area contributed by atoms with Crippen LogP contribution in [0.2, 0.25) is 0 Å². The zero-order valence-corrected chi connectivity index (χ0v) is 29.8. The minimum absolute atomic E-state index is 0.786. The lowest BCUT2D eigenvalue weighted by Crippen LogP contribution is -2.09. The summed E-state index contributed by atoms with van der Waals surface area (Å²) in [5, 5.41) is 5.88. The van der Waals surface area contributed by atoms with Crippen LogP contribution in [0.3, 0.4) is 0 Å². The second-order valence-corrected chi connectivity index (χ2v) is 14.0. The first kappa shape index (κ1) is 31.1. The highest BCUT2D eigenvalue weighted by Gasteiger charge is 2.20. The summed E-state index contributed by atoms with van der Waals surface area (Å²) in [5.41, 5.74) is 13.8. The van der Waals surface area contributed by atoms with Gasteiger partial charge in [-0.05, 0) is 100 Å². The summed E-state index contributed by atoms with van der Waals surface area (Å²) in [7, 11) is 0. The fraction of sp³-hybridized carbons (Fsp3) is 0. The van der Waals surface area contributed by atoms with Crippen LogP contribution in [0.25, 0.3) is 82.6 Å². The van der Waals surface area contributed by atoms with Gasteiger partial charge < -0.3 is 13.9 Å². The number of para-hydroxylation sites is 2. The van der Waals surface area contributed by atoms with Gasteiger partial charge in [0.05, 0.1) is 16.7 Å². The molecule has 3 heterocycles. The predicted octanol–water partition coefficient (Wildman–Crippen LogP) is 14.0. The van der Waals surface area contributed by atoms with Crippen molar-refractivity contribution < 1.29 is 4.42 Å². The van der Waals surface area contributed by atoms with Crippen molar-refractivity contribution in [3.63, 3.8) is 0 Å². The Morgan fingerprint density at radius 3 is 1.91 bits per heavy atom. The Hall–Kier alpha value is -7.43. The fourth-order valence-corrected chi connectivity index (χ4v) is 8.34. The summed E-state index contributed by atoms with van der Waals surface area (Å²) in [4.78, 5) is 7.00. The second kappa shape index (κ2) is 12.6. The molecule has 0 saturated heterocycles. The molecule has 0 spiro atoms. The van der Waals surface area contributed by atoms with Crippen LogP contribution in [0.1, 0.15) is 0 Å². The Bertz CT molecular complexity index is 3160. The summed E-state index contributed by atoms with van der Waals surface area (Å²) in [6.07, 6.45) is 1.82. The molecule has 3 aromatic heterocycles. The van der Waals surface area contributed by atoms with Crippen LogP contribution in [0.5, 0.6) is 0 Å². The van der Waals surface area contributed by atoms with Gasteiger partial charge in [0.2, 0.25) is 0 Å². The highest BCUT2D eigenvalue weighted by molar-refractivity contribution is 6.10. The molecule has 4 heteroatoms. The number of anilines is 3. The van der Waals surface area contributed by atoms with E-state index in [0.29, 0.717) is 0 Å². The second-order valence-electron chi connectivity index (χ2n) is 14.0. The number of nitrogens with zero attached hydrogens (tertiary/aromatic N) is 3. The number of pyridine rings is 1. The lowest BCUT2D eigenvalue weighted by atomic mass is 9.92. The first-order valence-corrected chi connectivity index (χ1v) is 18.6. The summed E-state index contributed by atoms with van der Waals surface area (Å²) >= 11 is 0. The number of fused-ring (bicyclic) bond motifs is 7. The molecular formula is C51H33N3O. The zero-order valence-electron chi connectivity index (χ0n) is 29.8. The number of hydrogen-bond acceptors (Lipinski definition) is 3. The Kier molecular flexibility index (Phi) is 7.14. The lowest BCUT2D eigenvalue weighted by molar-refractivity contribution is 0.668. The SMILES string of the molecule is c1ccc(-c2c(-c3ccc(N(c4ccc5ccccc5c4)c4ccc5oc6cccnc6c5c4)cc3)cccc2-n2c3ccccc3c3ccccc32)cc1. The van der Waals surface area contributed by atoms with Crippen LogP contribution in [0.4, 0.5) is 17.1 Å². The first-order chi connectivity index (χ1) is 27.3. The Morgan fingerprint density at radius 1 is 0.436 bits per heavy atom. The van der Waals surface area contributed by atoms with Crippen molar-refractivity contribution in [1.29, 1.82) is 0 Å². The van der Waals surface area contributed by atoms with E-state index < -0.39 is 0 Å². The standard InChI is InChI=1S/C51H33N3O/c1-2-13-36(14-3-1)50-41(18-10-21-47(50)54-45-19-8-6-16-42(45)43-17-7-9-20-46(43)54)35-24-26-38(27-25-35)53(39-28-23-34-12-4-5-15-37(34)32-39)40-29-30-48-44(33-40)51-49(55-48)22-11-31-52-51/h1-33H. The van der Waals surface area contributed by atoms with E-state index in [9.17, 15) is 0 Å². The van der Waals surface area contributed by atoms with Crippen LogP contribution in [-0.2, 0) is 0 Å². The van der Waals surface area contributed by atoms with Crippen molar-refractivity contribution in [1.82, 2.24) is 9.55 Å². The lowest BCUT2D eigenvalue weighted by Gasteiger charge is -2.26. The van der Waals surface area contributed by atoms with E-state index in [1.165, 1.54) is 49.3 Å². The molecule has 11 rings (SSSR count). The number of benzene rings is 8. The molecule has 0 aliphatic carbocycles. The molecule has 0 aliphatic heterocycles. The number of furan rings is 1. The van der Waals surface area contributed by atoms with Crippen molar-refractivity contribution in [3.8, 4) is 27.9 Å². The Labute approximate surface area is 317 Å². The van der Waals surface area contributed by atoms with E-state index in [2.05, 4.69) is 196 Å². The summed E-state index contributed by atoms with van der Waals surface area (Å²) in [5.74, 6) is 0. The topological polar surface area (TPSA) is 34.2 Å². The zero-order chi connectivity index (χ0) is 36.3. The van der Waals surface area contributed by atoms with Gasteiger partial charge in [-0.3, -0.25) is 4.98 Å². The average molecular weight is 704 g/mol. The Morgan fingerprint density at radius 2 is 1.11 bits per heavy atom. The van der Waals surface area contributed by atoms with Gasteiger partial charge in [0.25, 0.3) is 0 Å². The molecule has 4 nitrogen and oxygen atoms in total. The molecule has 0 bridgehead atoms. The summed E-state index contributed by atoms with van der Waals surface area (Å²) in [6.45, 7) is 0. The van der Waals surface area contributed by atoms with Crippen molar-refractivity contribution in [2.75, 3.05) is 4.90 Å². The minimum Gasteiger partial charge on any atom is -0.454 e. The maximum Gasteiger partial charge on any atom is 0.153 e. The van der Waals surface area contributed by atoms with Gasteiger partial charge in [-0.1, -0.05) is 121 Å². The summed E-state index contributed by atoms with van der Waals surface area (Å²) < 4.78 is 8.60. The third kappa shape index (κ3) is 5.11. The van der Waals surface area contributed by atoms with E-state index in [1.807, 2.05) is 18.3 Å². The molecule has 0 saturated carbocycles. The van der Waals surface area contributed by atoms with Crippen LogP contribution in [0.15, 0.2) is 205 Å². The van der Waals surface area contributed by atoms with Gasteiger partial charge in [0.15, 0.2) is 5.58 Å². The average Bonchev–Trinajstić information content (AvgIpc) is 3.80. The normalized spacial score (nSPS) is 11.6. The number of rotatable bonds is 6. The van der Waals surface area contributed by atoms with Crippen molar-refractivity contribution in [3.05, 3.63) is 200 Å². The highest BCUT2D eigenvalue weighted by atomic mass is 16.3. The predicted molar refractivity (Wildman–Crippen MR) is 229 cm³/mol. The smallest absolute Gasteiger partial charge is 0.153 e. The van der Waals surface area contributed by atoms with Crippen molar-refractivity contribution in [2.45, 2.75) is 0 Å². The minimum atomic E-state index is 0.786. The first-order valence-electron chi connectivity index (χ1n) is 18.6. The van der Waals surface area contributed by atoms with E-state index in [0.717, 1.165) is 50.4 Å². The maximum atomic E-state index is 6.17. The third-order valence-electron chi connectivity index (χ3n) is 10.8. The Balaban J connectivity index is 1.09. The van der Waals surface area contributed by atoms with E-state index in [1.54, 1.807) is 0 Å². The molecule has 0 radical (unpaired) electrons.